The van der Waals surface area contributed by atoms with Gasteiger partial charge in [-0.25, -0.2) is 10.3 Å². The molecule has 8 heteroatoms. The molecular formula is C24H27N5O3. The molecule has 1 aliphatic rings. The predicted molar refractivity (Wildman–Crippen MR) is 123 cm³/mol. The molecule has 0 bridgehead atoms. The van der Waals surface area contributed by atoms with Crippen LogP contribution < -0.4 is 5.43 Å². The molecule has 0 aromatic heterocycles. The van der Waals surface area contributed by atoms with E-state index in [9.17, 15) is 14.7 Å². The molecule has 1 saturated heterocycles. The van der Waals surface area contributed by atoms with Crippen LogP contribution in [0.4, 0.5) is 5.69 Å². The van der Waals surface area contributed by atoms with Gasteiger partial charge in [-0.15, -0.1) is 0 Å². The highest BCUT2D eigenvalue weighted by Gasteiger charge is 2.23. The van der Waals surface area contributed by atoms with Gasteiger partial charge in [0.15, 0.2) is 5.69 Å². The zero-order chi connectivity index (χ0) is 22.9. The molecule has 0 radical (unpaired) electrons. The second-order valence-electron chi connectivity index (χ2n) is 7.63. The number of benzene rings is 2. The smallest absolute Gasteiger partial charge is 0.254 e. The zero-order valence-corrected chi connectivity index (χ0v) is 18.1. The maximum absolute atomic E-state index is 12.6. The molecule has 1 aliphatic heterocycles. The van der Waals surface area contributed by atoms with E-state index in [1.165, 1.54) is 6.21 Å². The number of carbonyl (C=O) groups excluding carboxylic acids is 2. The normalized spacial score (nSPS) is 14.3. The maximum Gasteiger partial charge on any atom is 0.254 e. The van der Waals surface area contributed by atoms with E-state index in [-0.39, 0.29) is 24.1 Å². The summed E-state index contributed by atoms with van der Waals surface area (Å²) in [7, 11) is 0. The third-order valence-electron chi connectivity index (χ3n) is 5.33. The van der Waals surface area contributed by atoms with Crippen molar-refractivity contribution in [2.75, 3.05) is 32.7 Å². The molecule has 2 N–H and O–H groups in total. The first-order valence-corrected chi connectivity index (χ1v) is 10.6. The number of piperazine rings is 1. The average molecular weight is 434 g/mol. The number of hydrazone groups is 1. The summed E-state index contributed by atoms with van der Waals surface area (Å²) >= 11 is 0. The lowest BCUT2D eigenvalue weighted by Crippen LogP contribution is -2.50. The van der Waals surface area contributed by atoms with Crippen LogP contribution in [0.2, 0.25) is 0 Å². The summed E-state index contributed by atoms with van der Waals surface area (Å²) in [4.78, 5) is 31.9. The highest BCUT2D eigenvalue weighted by Crippen LogP contribution is 2.22. The number of nitrogens with one attached hydrogen (secondary N) is 1. The Labute approximate surface area is 188 Å². The molecule has 3 rings (SSSR count). The number of phenolic OH excluding ortho intramolecular Hbond substituents is 1. The van der Waals surface area contributed by atoms with Crippen LogP contribution in [0.15, 0.2) is 47.6 Å². The number of carbonyl (C=O) groups is 2. The number of para-hydroxylation sites is 1. The Morgan fingerprint density at radius 1 is 1.16 bits per heavy atom. The van der Waals surface area contributed by atoms with Gasteiger partial charge in [-0.3, -0.25) is 14.5 Å². The molecule has 0 unspecified atom stereocenters. The first-order chi connectivity index (χ1) is 15.5. The van der Waals surface area contributed by atoms with Crippen molar-refractivity contribution in [1.29, 1.82) is 0 Å². The van der Waals surface area contributed by atoms with Crippen molar-refractivity contribution in [3.63, 3.8) is 0 Å². The van der Waals surface area contributed by atoms with Crippen LogP contribution in [-0.2, 0) is 11.2 Å². The Balaban J connectivity index is 1.45. The largest absolute Gasteiger partial charge is 0.507 e. The van der Waals surface area contributed by atoms with Gasteiger partial charge in [0.2, 0.25) is 0 Å². The molecule has 1 heterocycles. The lowest BCUT2D eigenvalue weighted by molar-refractivity contribution is -0.122. The van der Waals surface area contributed by atoms with Gasteiger partial charge in [-0.1, -0.05) is 49.7 Å². The van der Waals surface area contributed by atoms with Crippen LogP contribution in [-0.4, -0.2) is 65.7 Å². The number of phenols is 1. The fraction of sp³-hybridized carbons (Fsp3) is 0.333. The fourth-order valence-corrected chi connectivity index (χ4v) is 3.57. The van der Waals surface area contributed by atoms with Crippen molar-refractivity contribution in [3.8, 4) is 5.75 Å². The van der Waals surface area contributed by atoms with Crippen molar-refractivity contribution >= 4 is 23.7 Å². The highest BCUT2D eigenvalue weighted by atomic mass is 16.3. The van der Waals surface area contributed by atoms with Crippen LogP contribution in [0, 0.1) is 6.57 Å². The first-order valence-electron chi connectivity index (χ1n) is 10.6. The Hall–Kier alpha value is -3.70. The number of nitrogens with zero attached hydrogens (tertiary/aromatic N) is 4. The molecule has 32 heavy (non-hydrogen) atoms. The second-order valence-corrected chi connectivity index (χ2v) is 7.63. The van der Waals surface area contributed by atoms with Crippen molar-refractivity contribution in [1.82, 2.24) is 15.2 Å². The van der Waals surface area contributed by atoms with Gasteiger partial charge in [0, 0.05) is 37.3 Å². The molecule has 0 spiro atoms. The van der Waals surface area contributed by atoms with Crippen LogP contribution in [0.1, 0.15) is 34.8 Å². The standard InChI is InChI=1S/C24H27N5O3/c1-3-5-18-6-4-7-20(23(18)31)16-26-27-22(30)17-28-12-14-29(15-13-28)24(32)19-8-10-21(25-2)11-9-19/h4,6-11,16,31H,3,5,12-15,17H2,1H3,(H,27,30)/b26-16+. The first kappa shape index (κ1) is 23.0. The van der Waals surface area contributed by atoms with Gasteiger partial charge in [-0.2, -0.15) is 5.10 Å². The van der Waals surface area contributed by atoms with Gasteiger partial charge in [0.05, 0.1) is 19.3 Å². The number of rotatable bonds is 7. The number of aryl methyl sites for hydroxylation is 1. The SMILES string of the molecule is [C-]#[N+]c1ccc(C(=O)N2CCN(CC(=O)N/N=C/c3cccc(CCC)c3O)CC2)cc1. The van der Waals surface area contributed by atoms with E-state index in [0.29, 0.717) is 43.0 Å². The Morgan fingerprint density at radius 2 is 1.88 bits per heavy atom. The highest BCUT2D eigenvalue weighted by molar-refractivity contribution is 5.94. The molecule has 0 aliphatic carbocycles. The lowest BCUT2D eigenvalue weighted by atomic mass is 10.1. The van der Waals surface area contributed by atoms with Crippen LogP contribution >= 0.6 is 0 Å². The quantitative estimate of drug-likeness (QED) is 0.399. The molecular weight excluding hydrogens is 406 g/mol. The van der Waals surface area contributed by atoms with E-state index in [2.05, 4.69) is 15.4 Å². The molecule has 8 nitrogen and oxygen atoms in total. The minimum atomic E-state index is -0.250. The van der Waals surface area contributed by atoms with E-state index in [4.69, 9.17) is 6.57 Å². The van der Waals surface area contributed by atoms with Crippen LogP contribution in [0.3, 0.4) is 0 Å². The molecule has 2 aromatic rings. The number of hydrogen-bond acceptors (Lipinski definition) is 5. The maximum atomic E-state index is 12.6. The number of amides is 2. The predicted octanol–water partition coefficient (Wildman–Crippen LogP) is 2.80. The summed E-state index contributed by atoms with van der Waals surface area (Å²) in [6.07, 6.45) is 3.15. The van der Waals surface area contributed by atoms with Gasteiger partial charge in [0.1, 0.15) is 5.75 Å². The summed E-state index contributed by atoms with van der Waals surface area (Å²) in [5.41, 5.74) is 4.99. The van der Waals surface area contributed by atoms with Crippen LogP contribution in [0.25, 0.3) is 4.85 Å². The monoisotopic (exact) mass is 433 g/mol. The molecule has 2 amide bonds. The Morgan fingerprint density at radius 3 is 2.53 bits per heavy atom. The van der Waals surface area contributed by atoms with Crippen molar-refractivity contribution in [2.24, 2.45) is 5.10 Å². The van der Waals surface area contributed by atoms with Crippen LogP contribution in [0.5, 0.6) is 5.75 Å². The molecule has 166 valence electrons. The van der Waals surface area contributed by atoms with Gasteiger partial charge in [0.25, 0.3) is 11.8 Å². The van der Waals surface area contributed by atoms with Gasteiger partial charge < -0.3 is 10.0 Å². The van der Waals surface area contributed by atoms with Crippen molar-refractivity contribution in [2.45, 2.75) is 19.8 Å². The van der Waals surface area contributed by atoms with E-state index in [1.807, 2.05) is 24.0 Å². The number of hydrogen-bond donors (Lipinski definition) is 2. The molecule has 2 aromatic carbocycles. The molecule has 1 fully saturated rings. The topological polar surface area (TPSA) is 89.6 Å². The number of aromatic hydroxyl groups is 1. The second kappa shape index (κ2) is 11.1. The summed E-state index contributed by atoms with van der Waals surface area (Å²) in [6, 6.07) is 12.1. The summed E-state index contributed by atoms with van der Waals surface area (Å²) in [5, 5.41) is 14.2. The zero-order valence-electron chi connectivity index (χ0n) is 18.1. The summed E-state index contributed by atoms with van der Waals surface area (Å²) in [5.74, 6) is -0.128. The third kappa shape index (κ3) is 5.93. The molecule has 0 saturated carbocycles. The van der Waals surface area contributed by atoms with E-state index < -0.39 is 0 Å². The minimum absolute atomic E-state index is 0.0691. The van der Waals surface area contributed by atoms with Gasteiger partial charge in [-0.05, 0) is 18.1 Å². The summed E-state index contributed by atoms with van der Waals surface area (Å²) in [6.45, 7) is 11.4. The fourth-order valence-electron chi connectivity index (χ4n) is 3.57. The summed E-state index contributed by atoms with van der Waals surface area (Å²) < 4.78 is 0. The lowest BCUT2D eigenvalue weighted by Gasteiger charge is -2.34. The third-order valence-corrected chi connectivity index (χ3v) is 5.33. The average Bonchev–Trinajstić information content (AvgIpc) is 2.81. The Bertz CT molecular complexity index is 1020. The molecule has 0 atom stereocenters. The van der Waals surface area contributed by atoms with E-state index in [0.717, 1.165) is 18.4 Å². The van der Waals surface area contributed by atoms with Gasteiger partial charge >= 0.3 is 0 Å². The Kier molecular flexibility index (Phi) is 7.95. The van der Waals surface area contributed by atoms with E-state index in [1.54, 1.807) is 35.2 Å². The van der Waals surface area contributed by atoms with Crippen molar-refractivity contribution in [3.05, 3.63) is 70.6 Å². The van der Waals surface area contributed by atoms with E-state index >= 15 is 0 Å². The van der Waals surface area contributed by atoms with Crippen molar-refractivity contribution < 1.29 is 14.7 Å². The minimum Gasteiger partial charge on any atom is -0.507 e.